The molecule has 20 heavy (non-hydrogen) atoms. The predicted molar refractivity (Wildman–Crippen MR) is 82.5 cm³/mol. The number of hydrogen-bond acceptors (Lipinski definition) is 5. The maximum Gasteiger partial charge on any atom is 0.306 e. The van der Waals surface area contributed by atoms with Crippen LogP contribution in [0, 0.1) is 0 Å². The Labute approximate surface area is 131 Å². The second-order valence-electron chi connectivity index (χ2n) is 4.19. The number of benzene rings is 1. The van der Waals surface area contributed by atoms with E-state index < -0.39 is 0 Å². The van der Waals surface area contributed by atoms with Gasteiger partial charge in [0.25, 0.3) is 0 Å². The minimum absolute atomic E-state index is 0.173. The first-order valence-electron chi connectivity index (χ1n) is 6.52. The molecule has 2 rings (SSSR count). The molecule has 0 atom stereocenters. The van der Waals surface area contributed by atoms with Crippen LogP contribution in [0.5, 0.6) is 11.5 Å². The topological polar surface area (TPSA) is 44.8 Å². The summed E-state index contributed by atoms with van der Waals surface area (Å²) in [6.07, 6.45) is 0.445. The van der Waals surface area contributed by atoms with Gasteiger partial charge < -0.3 is 14.2 Å². The highest BCUT2D eigenvalue weighted by Gasteiger charge is 2.15. The number of rotatable bonds is 6. The molecule has 110 valence electrons. The van der Waals surface area contributed by atoms with E-state index in [1.165, 1.54) is 0 Å². The molecule has 1 aliphatic heterocycles. The van der Waals surface area contributed by atoms with E-state index in [0.717, 1.165) is 27.3 Å². The first-order chi connectivity index (χ1) is 9.70. The zero-order chi connectivity index (χ0) is 14.4. The van der Waals surface area contributed by atoms with E-state index in [9.17, 15) is 4.79 Å². The summed E-state index contributed by atoms with van der Waals surface area (Å²) in [6, 6.07) is 3.71. The number of carbonyl (C=O) groups is 1. The maximum absolute atomic E-state index is 11.6. The molecule has 1 heterocycles. The van der Waals surface area contributed by atoms with Crippen LogP contribution in [-0.4, -0.2) is 30.7 Å². The Bertz CT molecular complexity index is 478. The van der Waals surface area contributed by atoms with E-state index in [4.69, 9.17) is 14.2 Å². The maximum atomic E-state index is 11.6. The Morgan fingerprint density at radius 2 is 2.05 bits per heavy atom. The summed E-state index contributed by atoms with van der Waals surface area (Å²) in [4.78, 5) is 11.6. The number of fused-ring (bicyclic) bond motifs is 1. The standard InChI is InChI=1S/C14H17BrO4S/c1-2-20-6-3-14(16)19-9-10-7-12-13(8-11(10)15)18-5-4-17-12/h7-8H,2-6,9H2,1H3. The minimum Gasteiger partial charge on any atom is -0.486 e. The van der Waals surface area contributed by atoms with E-state index >= 15 is 0 Å². The zero-order valence-corrected chi connectivity index (χ0v) is 13.7. The molecule has 0 aliphatic carbocycles. The lowest BCUT2D eigenvalue weighted by molar-refractivity contribution is -0.144. The second kappa shape index (κ2) is 7.78. The fourth-order valence-corrected chi connectivity index (χ4v) is 2.78. The van der Waals surface area contributed by atoms with Gasteiger partial charge >= 0.3 is 5.97 Å². The molecule has 0 bridgehead atoms. The van der Waals surface area contributed by atoms with E-state index in [-0.39, 0.29) is 12.6 Å². The van der Waals surface area contributed by atoms with Gasteiger partial charge in [0.2, 0.25) is 0 Å². The molecule has 1 aromatic rings. The Morgan fingerprint density at radius 3 is 2.75 bits per heavy atom. The summed E-state index contributed by atoms with van der Waals surface area (Å²) < 4.78 is 17.1. The SMILES string of the molecule is CCSCCC(=O)OCc1cc2c(cc1Br)OCCO2. The van der Waals surface area contributed by atoms with E-state index in [0.29, 0.717) is 25.4 Å². The zero-order valence-electron chi connectivity index (χ0n) is 11.3. The van der Waals surface area contributed by atoms with Crippen molar-refractivity contribution in [2.45, 2.75) is 20.0 Å². The molecule has 0 saturated carbocycles. The van der Waals surface area contributed by atoms with Gasteiger partial charge in [0.05, 0.1) is 6.42 Å². The molecule has 0 saturated heterocycles. The van der Waals surface area contributed by atoms with Gasteiger partial charge in [0, 0.05) is 15.8 Å². The lowest BCUT2D eigenvalue weighted by atomic mass is 10.2. The van der Waals surface area contributed by atoms with E-state index in [1.807, 2.05) is 12.1 Å². The third-order valence-corrected chi connectivity index (χ3v) is 4.39. The van der Waals surface area contributed by atoms with Crippen LogP contribution in [0.4, 0.5) is 0 Å². The molecule has 0 N–H and O–H groups in total. The van der Waals surface area contributed by atoms with Gasteiger partial charge in [-0.2, -0.15) is 11.8 Å². The number of esters is 1. The average molecular weight is 361 g/mol. The summed E-state index contributed by atoms with van der Waals surface area (Å²) in [7, 11) is 0. The fourth-order valence-electron chi connectivity index (χ4n) is 1.75. The number of halogens is 1. The lowest BCUT2D eigenvalue weighted by Crippen LogP contribution is -2.15. The molecule has 4 nitrogen and oxygen atoms in total. The van der Waals surface area contributed by atoms with Crippen molar-refractivity contribution in [1.29, 1.82) is 0 Å². The summed E-state index contributed by atoms with van der Waals surface area (Å²) >= 11 is 5.19. The highest BCUT2D eigenvalue weighted by atomic mass is 79.9. The normalized spacial score (nSPS) is 13.1. The van der Waals surface area contributed by atoms with Crippen molar-refractivity contribution in [1.82, 2.24) is 0 Å². The Hall–Kier alpha value is -0.880. The van der Waals surface area contributed by atoms with Crippen molar-refractivity contribution in [2.24, 2.45) is 0 Å². The van der Waals surface area contributed by atoms with E-state index in [1.54, 1.807) is 11.8 Å². The Kier molecular flexibility index (Phi) is 6.04. The third-order valence-electron chi connectivity index (χ3n) is 2.75. The molecule has 0 amide bonds. The first-order valence-corrected chi connectivity index (χ1v) is 8.47. The Balaban J connectivity index is 1.91. The summed E-state index contributed by atoms with van der Waals surface area (Å²) in [5.74, 6) is 3.07. The van der Waals surface area contributed by atoms with Crippen molar-refractivity contribution >= 4 is 33.7 Å². The Morgan fingerprint density at radius 1 is 1.35 bits per heavy atom. The molecule has 0 radical (unpaired) electrons. The summed E-state index contributed by atoms with van der Waals surface area (Å²) in [5, 5.41) is 0. The summed E-state index contributed by atoms with van der Waals surface area (Å²) in [6.45, 7) is 3.42. The molecular formula is C14H17BrO4S. The highest BCUT2D eigenvalue weighted by molar-refractivity contribution is 9.10. The number of hydrogen-bond donors (Lipinski definition) is 0. The quantitative estimate of drug-likeness (QED) is 0.574. The average Bonchev–Trinajstić information content (AvgIpc) is 2.45. The van der Waals surface area contributed by atoms with Crippen molar-refractivity contribution < 1.29 is 19.0 Å². The molecule has 0 spiro atoms. The van der Waals surface area contributed by atoms with Gasteiger partial charge in [-0.15, -0.1) is 0 Å². The molecule has 0 unspecified atom stereocenters. The van der Waals surface area contributed by atoms with Crippen molar-refractivity contribution in [3.63, 3.8) is 0 Å². The van der Waals surface area contributed by atoms with E-state index in [2.05, 4.69) is 22.9 Å². The van der Waals surface area contributed by atoms with Crippen molar-refractivity contribution in [3.05, 3.63) is 22.2 Å². The number of ether oxygens (including phenoxy) is 3. The molecular weight excluding hydrogens is 344 g/mol. The highest BCUT2D eigenvalue weighted by Crippen LogP contribution is 2.35. The minimum atomic E-state index is -0.173. The van der Waals surface area contributed by atoms with Gasteiger partial charge in [0.1, 0.15) is 19.8 Å². The second-order valence-corrected chi connectivity index (χ2v) is 6.44. The van der Waals surface area contributed by atoms with Crippen molar-refractivity contribution in [2.75, 3.05) is 24.7 Å². The van der Waals surface area contributed by atoms with Crippen LogP contribution in [0.2, 0.25) is 0 Å². The van der Waals surface area contributed by atoms with Gasteiger partial charge in [-0.25, -0.2) is 0 Å². The van der Waals surface area contributed by atoms with Gasteiger partial charge in [-0.3, -0.25) is 4.79 Å². The molecule has 0 fully saturated rings. The van der Waals surface area contributed by atoms with Crippen LogP contribution in [0.15, 0.2) is 16.6 Å². The molecule has 6 heteroatoms. The van der Waals surface area contributed by atoms with Crippen LogP contribution in [-0.2, 0) is 16.1 Å². The molecule has 1 aromatic carbocycles. The number of carbonyl (C=O) groups excluding carboxylic acids is 1. The summed E-state index contributed by atoms with van der Waals surface area (Å²) in [5.41, 5.74) is 0.880. The van der Waals surface area contributed by atoms with Crippen LogP contribution < -0.4 is 9.47 Å². The first kappa shape index (κ1) is 15.5. The number of thioether (sulfide) groups is 1. The van der Waals surface area contributed by atoms with Crippen LogP contribution in [0.25, 0.3) is 0 Å². The third kappa shape index (κ3) is 4.31. The van der Waals surface area contributed by atoms with Crippen LogP contribution in [0.3, 0.4) is 0 Å². The fraction of sp³-hybridized carbons (Fsp3) is 0.500. The van der Waals surface area contributed by atoms with Crippen LogP contribution in [0.1, 0.15) is 18.9 Å². The largest absolute Gasteiger partial charge is 0.486 e. The van der Waals surface area contributed by atoms with Crippen LogP contribution >= 0.6 is 27.7 Å². The smallest absolute Gasteiger partial charge is 0.306 e. The van der Waals surface area contributed by atoms with Gasteiger partial charge in [-0.1, -0.05) is 22.9 Å². The van der Waals surface area contributed by atoms with Gasteiger partial charge in [-0.05, 0) is 17.9 Å². The van der Waals surface area contributed by atoms with Gasteiger partial charge in [0.15, 0.2) is 11.5 Å². The molecule has 0 aromatic heterocycles. The lowest BCUT2D eigenvalue weighted by Gasteiger charge is -2.19. The predicted octanol–water partition coefficient (Wildman–Crippen LogP) is 3.41. The monoisotopic (exact) mass is 360 g/mol. The van der Waals surface area contributed by atoms with Crippen molar-refractivity contribution in [3.8, 4) is 11.5 Å². The molecule has 1 aliphatic rings.